The van der Waals surface area contributed by atoms with Crippen LogP contribution in [-0.2, 0) is 11.2 Å². The zero-order valence-electron chi connectivity index (χ0n) is 10.6. The maximum Gasteiger partial charge on any atom is 0.228 e. The number of nitrogens with one attached hydrogen (secondary N) is 2. The molecule has 3 aromatic rings. The summed E-state index contributed by atoms with van der Waals surface area (Å²) in [4.78, 5) is 19.2. The van der Waals surface area contributed by atoms with Crippen molar-refractivity contribution in [3.05, 3.63) is 54.4 Å². The van der Waals surface area contributed by atoms with E-state index in [2.05, 4.69) is 15.3 Å². The van der Waals surface area contributed by atoms with Gasteiger partial charge in [0.05, 0.1) is 24.0 Å². The fraction of sp³-hybridized carbons (Fsp3) is 0.0667. The molecular formula is C15H13N3O2. The fourth-order valence-electron chi connectivity index (χ4n) is 2.11. The lowest BCUT2D eigenvalue weighted by Crippen LogP contribution is -2.14. The third-order valence-electron chi connectivity index (χ3n) is 3.00. The van der Waals surface area contributed by atoms with Crippen LogP contribution in [0, 0.1) is 0 Å². The number of hydrogen-bond donors (Lipinski definition) is 3. The Morgan fingerprint density at radius 3 is 2.95 bits per heavy atom. The maximum absolute atomic E-state index is 12.0. The quantitative estimate of drug-likeness (QED) is 0.682. The van der Waals surface area contributed by atoms with Gasteiger partial charge >= 0.3 is 0 Å². The predicted octanol–water partition coefficient (Wildman–Crippen LogP) is 2.45. The van der Waals surface area contributed by atoms with Crippen LogP contribution < -0.4 is 5.32 Å². The molecule has 0 saturated carbocycles. The Morgan fingerprint density at radius 1 is 1.25 bits per heavy atom. The Bertz CT molecular complexity index is 764. The van der Waals surface area contributed by atoms with Gasteiger partial charge in [0.1, 0.15) is 11.3 Å². The van der Waals surface area contributed by atoms with Gasteiger partial charge in [-0.05, 0) is 29.8 Å². The summed E-state index contributed by atoms with van der Waals surface area (Å²) >= 11 is 0. The molecule has 0 bridgehead atoms. The molecule has 0 spiro atoms. The number of carbonyl (C=O) groups is 1. The highest BCUT2D eigenvalue weighted by atomic mass is 16.3. The van der Waals surface area contributed by atoms with Gasteiger partial charge in [0.25, 0.3) is 0 Å². The molecule has 100 valence electrons. The first-order valence-electron chi connectivity index (χ1n) is 6.22. The van der Waals surface area contributed by atoms with Gasteiger partial charge in [-0.2, -0.15) is 0 Å². The maximum atomic E-state index is 12.0. The van der Waals surface area contributed by atoms with Crippen LogP contribution in [0.5, 0.6) is 5.75 Å². The molecule has 0 saturated heterocycles. The Balaban J connectivity index is 1.77. The van der Waals surface area contributed by atoms with Gasteiger partial charge in [-0.15, -0.1) is 0 Å². The number of aromatic amines is 1. The normalized spacial score (nSPS) is 10.6. The van der Waals surface area contributed by atoms with E-state index in [-0.39, 0.29) is 18.1 Å². The Labute approximate surface area is 115 Å². The molecule has 0 fully saturated rings. The molecular weight excluding hydrogens is 254 g/mol. The number of carbonyl (C=O) groups excluding carboxylic acids is 1. The molecule has 20 heavy (non-hydrogen) atoms. The number of hydrogen-bond acceptors (Lipinski definition) is 3. The highest BCUT2D eigenvalue weighted by molar-refractivity contribution is 6.00. The molecule has 1 heterocycles. The third kappa shape index (κ3) is 2.47. The number of benzene rings is 2. The number of nitrogens with zero attached hydrogens (tertiary/aromatic N) is 1. The predicted molar refractivity (Wildman–Crippen MR) is 76.5 cm³/mol. The SMILES string of the molecule is O=C(Cc1cccc(O)c1)Nc1cccc2[nH]cnc12. The Hall–Kier alpha value is -2.82. The van der Waals surface area contributed by atoms with E-state index in [1.807, 2.05) is 18.2 Å². The lowest BCUT2D eigenvalue weighted by Gasteiger charge is -2.06. The smallest absolute Gasteiger partial charge is 0.228 e. The number of rotatable bonds is 3. The zero-order chi connectivity index (χ0) is 13.9. The molecule has 0 unspecified atom stereocenters. The number of fused-ring (bicyclic) bond motifs is 1. The van der Waals surface area contributed by atoms with E-state index < -0.39 is 0 Å². The minimum atomic E-state index is -0.147. The summed E-state index contributed by atoms with van der Waals surface area (Å²) in [6.07, 6.45) is 1.80. The van der Waals surface area contributed by atoms with E-state index in [0.29, 0.717) is 5.69 Å². The minimum Gasteiger partial charge on any atom is -0.508 e. The standard InChI is InChI=1S/C15H13N3O2/c19-11-4-1-3-10(7-11)8-14(20)18-13-6-2-5-12-15(13)17-9-16-12/h1-7,9,19H,8H2,(H,16,17)(H,18,20). The van der Waals surface area contributed by atoms with Crippen LogP contribution in [0.4, 0.5) is 5.69 Å². The molecule has 0 atom stereocenters. The molecule has 3 rings (SSSR count). The number of amides is 1. The Morgan fingerprint density at radius 2 is 2.10 bits per heavy atom. The first kappa shape index (κ1) is 12.2. The average Bonchev–Trinajstić information content (AvgIpc) is 2.88. The van der Waals surface area contributed by atoms with Crippen LogP contribution in [0.2, 0.25) is 0 Å². The van der Waals surface area contributed by atoms with Crippen molar-refractivity contribution in [1.29, 1.82) is 0 Å². The van der Waals surface area contributed by atoms with Crippen LogP contribution in [0.3, 0.4) is 0 Å². The molecule has 1 aromatic heterocycles. The second kappa shape index (κ2) is 5.05. The molecule has 0 aliphatic carbocycles. The van der Waals surface area contributed by atoms with Crippen LogP contribution in [0.25, 0.3) is 11.0 Å². The number of aromatic nitrogens is 2. The van der Waals surface area contributed by atoms with E-state index in [4.69, 9.17) is 0 Å². The summed E-state index contributed by atoms with van der Waals surface area (Å²) < 4.78 is 0. The highest BCUT2D eigenvalue weighted by Gasteiger charge is 2.08. The van der Waals surface area contributed by atoms with Crippen LogP contribution in [-0.4, -0.2) is 21.0 Å². The van der Waals surface area contributed by atoms with Gasteiger partial charge in [0.15, 0.2) is 0 Å². The number of para-hydroxylation sites is 1. The number of aromatic hydroxyl groups is 1. The van der Waals surface area contributed by atoms with Crippen LogP contribution in [0.1, 0.15) is 5.56 Å². The topological polar surface area (TPSA) is 78.0 Å². The summed E-state index contributed by atoms with van der Waals surface area (Å²) in [7, 11) is 0. The molecule has 0 aliphatic rings. The third-order valence-corrected chi connectivity index (χ3v) is 3.00. The molecule has 2 aromatic carbocycles. The van der Waals surface area contributed by atoms with Gasteiger partial charge < -0.3 is 15.4 Å². The molecule has 0 aliphatic heterocycles. The van der Waals surface area contributed by atoms with E-state index >= 15 is 0 Å². The lowest BCUT2D eigenvalue weighted by atomic mass is 10.1. The van der Waals surface area contributed by atoms with E-state index in [1.165, 1.54) is 0 Å². The second-order valence-electron chi connectivity index (χ2n) is 4.50. The van der Waals surface area contributed by atoms with Gasteiger partial charge in [-0.3, -0.25) is 4.79 Å². The number of phenolic OH excluding ortho intramolecular Hbond substituents is 1. The summed E-state index contributed by atoms with van der Waals surface area (Å²) in [5.41, 5.74) is 3.04. The van der Waals surface area contributed by atoms with Gasteiger partial charge in [0.2, 0.25) is 5.91 Å². The Kier molecular flexibility index (Phi) is 3.09. The van der Waals surface area contributed by atoms with E-state index in [0.717, 1.165) is 16.6 Å². The van der Waals surface area contributed by atoms with Crippen molar-refractivity contribution in [2.45, 2.75) is 6.42 Å². The second-order valence-corrected chi connectivity index (χ2v) is 4.50. The van der Waals surface area contributed by atoms with Crippen LogP contribution in [0.15, 0.2) is 48.8 Å². The van der Waals surface area contributed by atoms with Crippen molar-refractivity contribution in [2.24, 2.45) is 0 Å². The average molecular weight is 267 g/mol. The number of H-pyrrole nitrogens is 1. The van der Waals surface area contributed by atoms with Crippen molar-refractivity contribution in [3.8, 4) is 5.75 Å². The molecule has 5 heteroatoms. The molecule has 0 radical (unpaired) electrons. The summed E-state index contributed by atoms with van der Waals surface area (Å²) in [5.74, 6) is 0.0100. The van der Waals surface area contributed by atoms with Crippen molar-refractivity contribution < 1.29 is 9.90 Å². The highest BCUT2D eigenvalue weighted by Crippen LogP contribution is 2.20. The van der Waals surface area contributed by atoms with Crippen molar-refractivity contribution >= 4 is 22.6 Å². The minimum absolute atomic E-state index is 0.147. The summed E-state index contributed by atoms with van der Waals surface area (Å²) in [6, 6.07) is 12.2. The number of phenols is 1. The van der Waals surface area contributed by atoms with Crippen molar-refractivity contribution in [2.75, 3.05) is 5.32 Å². The van der Waals surface area contributed by atoms with E-state index in [9.17, 15) is 9.90 Å². The van der Waals surface area contributed by atoms with E-state index in [1.54, 1.807) is 30.6 Å². The van der Waals surface area contributed by atoms with Crippen LogP contribution >= 0.6 is 0 Å². The zero-order valence-corrected chi connectivity index (χ0v) is 10.6. The van der Waals surface area contributed by atoms with Gasteiger partial charge in [-0.25, -0.2) is 4.98 Å². The molecule has 1 amide bonds. The summed E-state index contributed by atoms with van der Waals surface area (Å²) in [5, 5.41) is 12.2. The lowest BCUT2D eigenvalue weighted by molar-refractivity contribution is -0.115. The summed E-state index contributed by atoms with van der Waals surface area (Å²) in [6.45, 7) is 0. The van der Waals surface area contributed by atoms with Crippen molar-refractivity contribution in [1.82, 2.24) is 9.97 Å². The first-order chi connectivity index (χ1) is 9.72. The number of anilines is 1. The molecule has 5 nitrogen and oxygen atoms in total. The first-order valence-corrected chi connectivity index (χ1v) is 6.22. The fourth-order valence-corrected chi connectivity index (χ4v) is 2.11. The van der Waals surface area contributed by atoms with Crippen molar-refractivity contribution in [3.63, 3.8) is 0 Å². The largest absolute Gasteiger partial charge is 0.508 e. The monoisotopic (exact) mass is 267 g/mol. The van der Waals surface area contributed by atoms with Gasteiger partial charge in [0, 0.05) is 0 Å². The van der Waals surface area contributed by atoms with Gasteiger partial charge in [-0.1, -0.05) is 18.2 Å². The number of imidazole rings is 1. The molecule has 3 N–H and O–H groups in total.